The number of carboxylic acid groups (broad SMARTS) is 1. The minimum atomic E-state index is -0.991. The molecule has 1 amide bonds. The maximum absolute atomic E-state index is 11.8. The van der Waals surface area contributed by atoms with Gasteiger partial charge in [-0.2, -0.15) is 5.48 Å². The van der Waals surface area contributed by atoms with Crippen LogP contribution < -0.4 is 10.8 Å². The van der Waals surface area contributed by atoms with Gasteiger partial charge in [-0.1, -0.05) is 91.0 Å². The molecule has 0 bridgehead atoms. The highest BCUT2D eigenvalue weighted by Gasteiger charge is 2.21. The summed E-state index contributed by atoms with van der Waals surface area (Å²) in [6, 6.07) is 27.8. The smallest absolute Gasteiger partial charge is 0.407 e. The van der Waals surface area contributed by atoms with Gasteiger partial charge in [-0.05, 0) is 36.0 Å². The summed E-state index contributed by atoms with van der Waals surface area (Å²) in [6.07, 6.45) is 0.631. The molecular formula is C27H30N2O5. The quantitative estimate of drug-likeness (QED) is 0.248. The van der Waals surface area contributed by atoms with E-state index in [0.717, 1.165) is 16.7 Å². The molecule has 1 atom stereocenters. The second-order valence-corrected chi connectivity index (χ2v) is 7.81. The average Bonchev–Trinajstić information content (AvgIpc) is 2.88. The van der Waals surface area contributed by atoms with Crippen molar-refractivity contribution in [1.29, 1.82) is 0 Å². The van der Waals surface area contributed by atoms with Gasteiger partial charge in [0.15, 0.2) is 0 Å². The van der Waals surface area contributed by atoms with Crippen LogP contribution in [-0.4, -0.2) is 29.8 Å². The molecule has 0 aliphatic heterocycles. The SMILES string of the molecule is O=C(NCCCC[C@H](NOC(c1ccccc1)c1ccccc1)C(=O)O)OCc1ccccc1. The molecule has 0 heterocycles. The number of ether oxygens (including phenoxy) is 1. The molecule has 0 saturated carbocycles. The molecule has 0 aliphatic carbocycles. The lowest BCUT2D eigenvalue weighted by atomic mass is 10.0. The fourth-order valence-corrected chi connectivity index (χ4v) is 3.41. The summed E-state index contributed by atoms with van der Waals surface area (Å²) in [5.74, 6) is -0.991. The van der Waals surface area contributed by atoms with Crippen molar-refractivity contribution in [1.82, 2.24) is 10.8 Å². The van der Waals surface area contributed by atoms with Gasteiger partial charge in [-0.25, -0.2) is 4.79 Å². The lowest BCUT2D eigenvalue weighted by Crippen LogP contribution is -2.38. The predicted octanol–water partition coefficient (Wildman–Crippen LogP) is 4.85. The number of nitrogens with one attached hydrogen (secondary N) is 2. The van der Waals surface area contributed by atoms with Crippen LogP contribution in [0.4, 0.5) is 4.79 Å². The van der Waals surface area contributed by atoms with Gasteiger partial charge in [0.05, 0.1) is 0 Å². The standard InChI is InChI=1S/C27H30N2O5/c30-26(31)24(18-10-11-19-28-27(32)33-20-21-12-4-1-5-13-21)29-34-25(22-14-6-2-7-15-22)23-16-8-3-9-17-23/h1-9,12-17,24-25,29H,10-11,18-20H2,(H,28,32)(H,30,31)/t24-/m0/s1. The van der Waals surface area contributed by atoms with E-state index in [1.165, 1.54) is 0 Å². The highest BCUT2D eigenvalue weighted by atomic mass is 16.7. The molecule has 0 radical (unpaired) electrons. The minimum Gasteiger partial charge on any atom is -0.480 e. The summed E-state index contributed by atoms with van der Waals surface area (Å²) in [5, 5.41) is 12.3. The number of benzene rings is 3. The Bertz CT molecular complexity index is 960. The Morgan fingerprint density at radius 3 is 1.91 bits per heavy atom. The van der Waals surface area contributed by atoms with Crippen LogP contribution in [-0.2, 0) is 21.0 Å². The van der Waals surface area contributed by atoms with Crippen molar-refractivity contribution in [2.45, 2.75) is 38.0 Å². The number of aliphatic carboxylic acids is 1. The van der Waals surface area contributed by atoms with Crippen LogP contribution in [0.5, 0.6) is 0 Å². The predicted molar refractivity (Wildman–Crippen MR) is 129 cm³/mol. The van der Waals surface area contributed by atoms with E-state index in [1.807, 2.05) is 91.0 Å². The molecule has 3 rings (SSSR count). The third-order valence-electron chi connectivity index (χ3n) is 5.23. The van der Waals surface area contributed by atoms with Gasteiger partial charge < -0.3 is 15.2 Å². The van der Waals surface area contributed by atoms with Crippen molar-refractivity contribution in [3.63, 3.8) is 0 Å². The first kappa shape index (κ1) is 25.0. The number of carbonyl (C=O) groups is 2. The number of unbranched alkanes of at least 4 members (excludes halogenated alkanes) is 1. The van der Waals surface area contributed by atoms with Crippen LogP contribution in [0.1, 0.15) is 42.1 Å². The number of hydrogen-bond acceptors (Lipinski definition) is 5. The van der Waals surface area contributed by atoms with Crippen LogP contribution in [0.25, 0.3) is 0 Å². The van der Waals surface area contributed by atoms with Gasteiger partial charge in [0, 0.05) is 6.54 Å². The third-order valence-corrected chi connectivity index (χ3v) is 5.23. The molecule has 0 fully saturated rings. The first-order valence-corrected chi connectivity index (χ1v) is 11.3. The second-order valence-electron chi connectivity index (χ2n) is 7.81. The van der Waals surface area contributed by atoms with Crippen LogP contribution >= 0.6 is 0 Å². The van der Waals surface area contributed by atoms with E-state index in [0.29, 0.717) is 25.8 Å². The Balaban J connectivity index is 1.42. The summed E-state index contributed by atoms with van der Waals surface area (Å²) in [7, 11) is 0. The molecule has 3 aromatic rings. The summed E-state index contributed by atoms with van der Waals surface area (Å²) < 4.78 is 5.17. The van der Waals surface area contributed by atoms with Crippen molar-refractivity contribution < 1.29 is 24.3 Å². The molecule has 178 valence electrons. The summed E-state index contributed by atoms with van der Waals surface area (Å²) in [5.41, 5.74) is 5.50. The molecule has 7 heteroatoms. The van der Waals surface area contributed by atoms with Crippen LogP contribution in [0.3, 0.4) is 0 Å². The number of amides is 1. The Kier molecular flexibility index (Phi) is 10.1. The monoisotopic (exact) mass is 462 g/mol. The zero-order valence-corrected chi connectivity index (χ0v) is 18.9. The molecule has 0 aromatic heterocycles. The first-order valence-electron chi connectivity index (χ1n) is 11.3. The Labute approximate surface area is 199 Å². The molecule has 0 unspecified atom stereocenters. The van der Waals surface area contributed by atoms with Crippen molar-refractivity contribution in [3.8, 4) is 0 Å². The summed E-state index contributed by atoms with van der Waals surface area (Å²) in [4.78, 5) is 29.4. The van der Waals surface area contributed by atoms with E-state index in [2.05, 4.69) is 10.8 Å². The van der Waals surface area contributed by atoms with Gasteiger partial charge in [0.25, 0.3) is 0 Å². The molecule has 0 saturated heterocycles. The molecular weight excluding hydrogens is 432 g/mol. The maximum atomic E-state index is 11.8. The second kappa shape index (κ2) is 13.8. The van der Waals surface area contributed by atoms with Crippen molar-refractivity contribution >= 4 is 12.1 Å². The normalized spacial score (nSPS) is 11.7. The van der Waals surface area contributed by atoms with Gasteiger partial charge in [-0.15, -0.1) is 0 Å². The maximum Gasteiger partial charge on any atom is 0.407 e. The number of hydroxylamine groups is 1. The zero-order valence-electron chi connectivity index (χ0n) is 18.9. The Morgan fingerprint density at radius 1 is 0.794 bits per heavy atom. The highest BCUT2D eigenvalue weighted by molar-refractivity contribution is 5.73. The van der Waals surface area contributed by atoms with E-state index in [-0.39, 0.29) is 6.61 Å². The fraction of sp³-hybridized carbons (Fsp3) is 0.259. The summed E-state index contributed by atoms with van der Waals surface area (Å²) in [6.45, 7) is 0.608. The van der Waals surface area contributed by atoms with Gasteiger partial charge in [0.1, 0.15) is 18.8 Å². The van der Waals surface area contributed by atoms with Crippen molar-refractivity contribution in [3.05, 3.63) is 108 Å². The largest absolute Gasteiger partial charge is 0.480 e. The van der Waals surface area contributed by atoms with Crippen LogP contribution in [0.2, 0.25) is 0 Å². The Hall–Kier alpha value is -3.68. The van der Waals surface area contributed by atoms with Crippen molar-refractivity contribution in [2.24, 2.45) is 0 Å². The van der Waals surface area contributed by atoms with Crippen molar-refractivity contribution in [2.75, 3.05) is 6.54 Å². The minimum absolute atomic E-state index is 0.207. The van der Waals surface area contributed by atoms with Gasteiger partial charge in [-0.3, -0.25) is 9.63 Å². The molecule has 7 nitrogen and oxygen atoms in total. The number of rotatable bonds is 13. The average molecular weight is 463 g/mol. The summed E-state index contributed by atoms with van der Waals surface area (Å²) >= 11 is 0. The lowest BCUT2D eigenvalue weighted by Gasteiger charge is -2.22. The number of carbonyl (C=O) groups excluding carboxylic acids is 1. The van der Waals surface area contributed by atoms with Gasteiger partial charge >= 0.3 is 12.1 Å². The van der Waals surface area contributed by atoms with Gasteiger partial charge in [0.2, 0.25) is 0 Å². The highest BCUT2D eigenvalue weighted by Crippen LogP contribution is 2.25. The lowest BCUT2D eigenvalue weighted by molar-refractivity contribution is -0.146. The molecule has 0 spiro atoms. The fourth-order valence-electron chi connectivity index (χ4n) is 3.41. The number of hydrogen-bond donors (Lipinski definition) is 3. The van der Waals surface area contributed by atoms with E-state index >= 15 is 0 Å². The van der Waals surface area contributed by atoms with Crippen LogP contribution in [0, 0.1) is 0 Å². The third kappa shape index (κ3) is 8.35. The number of carboxylic acids is 1. The molecule has 3 N–H and O–H groups in total. The first-order chi connectivity index (χ1) is 16.6. The zero-order chi connectivity index (χ0) is 24.0. The Morgan fingerprint density at radius 2 is 1.35 bits per heavy atom. The van der Waals surface area contributed by atoms with E-state index in [4.69, 9.17) is 9.57 Å². The molecule has 0 aliphatic rings. The number of alkyl carbamates (subject to hydrolysis) is 1. The van der Waals surface area contributed by atoms with E-state index in [1.54, 1.807) is 0 Å². The molecule has 34 heavy (non-hydrogen) atoms. The molecule has 3 aromatic carbocycles. The van der Waals surface area contributed by atoms with E-state index in [9.17, 15) is 14.7 Å². The van der Waals surface area contributed by atoms with E-state index < -0.39 is 24.2 Å². The topological polar surface area (TPSA) is 96.9 Å². The van der Waals surface area contributed by atoms with Crippen LogP contribution in [0.15, 0.2) is 91.0 Å².